The molecule has 0 aliphatic heterocycles. The predicted molar refractivity (Wildman–Crippen MR) is 85.4 cm³/mol. The highest BCUT2D eigenvalue weighted by Gasteiger charge is 1.94. The van der Waals surface area contributed by atoms with Gasteiger partial charge in [-0.1, -0.05) is 0 Å². The molecule has 0 aliphatic rings. The van der Waals surface area contributed by atoms with Crippen molar-refractivity contribution in [1.82, 2.24) is 0 Å². The second-order valence-electron chi connectivity index (χ2n) is 4.35. The molecule has 0 heterocycles. The van der Waals surface area contributed by atoms with Crippen molar-refractivity contribution in [2.45, 2.75) is 13.8 Å². The summed E-state index contributed by atoms with van der Waals surface area (Å²) < 4.78 is 0. The Morgan fingerprint density at radius 2 is 1.00 bits per heavy atom. The van der Waals surface area contributed by atoms with Crippen molar-refractivity contribution in [2.24, 2.45) is 10.2 Å². The Balaban J connectivity index is 2.01. The number of anilines is 2. The second kappa shape index (κ2) is 7.28. The molecule has 4 nitrogen and oxygen atoms in total. The SMILES string of the molecule is CCNc1ccc(/N=N/c2ccc(NCC)cc2)cc1. The summed E-state index contributed by atoms with van der Waals surface area (Å²) in [5, 5.41) is 15.0. The van der Waals surface area contributed by atoms with Crippen LogP contribution in [-0.2, 0) is 0 Å². The van der Waals surface area contributed by atoms with Crippen LogP contribution in [0.5, 0.6) is 0 Å². The third-order valence-corrected chi connectivity index (χ3v) is 2.78. The fraction of sp³-hybridized carbons (Fsp3) is 0.250. The largest absolute Gasteiger partial charge is 0.385 e. The van der Waals surface area contributed by atoms with Gasteiger partial charge in [0.25, 0.3) is 0 Å². The van der Waals surface area contributed by atoms with E-state index in [2.05, 4.69) is 34.7 Å². The molecule has 0 spiro atoms. The minimum atomic E-state index is 0.849. The van der Waals surface area contributed by atoms with E-state index in [0.29, 0.717) is 0 Å². The lowest BCUT2D eigenvalue weighted by molar-refractivity contribution is 1.20. The molecule has 20 heavy (non-hydrogen) atoms. The lowest BCUT2D eigenvalue weighted by atomic mass is 10.3. The zero-order chi connectivity index (χ0) is 14.2. The van der Waals surface area contributed by atoms with Crippen LogP contribution in [0.25, 0.3) is 0 Å². The molecule has 0 saturated carbocycles. The summed E-state index contributed by atoms with van der Waals surface area (Å²) in [7, 11) is 0. The highest BCUT2D eigenvalue weighted by Crippen LogP contribution is 2.21. The van der Waals surface area contributed by atoms with Crippen molar-refractivity contribution in [3.63, 3.8) is 0 Å². The number of benzene rings is 2. The first kappa shape index (κ1) is 14.1. The highest BCUT2D eigenvalue weighted by atomic mass is 15.1. The topological polar surface area (TPSA) is 48.8 Å². The number of nitrogens with one attached hydrogen (secondary N) is 2. The van der Waals surface area contributed by atoms with Gasteiger partial charge in [-0.2, -0.15) is 10.2 Å². The van der Waals surface area contributed by atoms with E-state index in [-0.39, 0.29) is 0 Å². The molecule has 0 bridgehead atoms. The Morgan fingerprint density at radius 3 is 1.30 bits per heavy atom. The van der Waals surface area contributed by atoms with E-state index in [1.54, 1.807) is 0 Å². The fourth-order valence-electron chi connectivity index (χ4n) is 1.82. The molecule has 0 saturated heterocycles. The maximum Gasteiger partial charge on any atom is 0.0858 e. The van der Waals surface area contributed by atoms with Crippen molar-refractivity contribution in [3.8, 4) is 0 Å². The van der Waals surface area contributed by atoms with Crippen LogP contribution in [0.2, 0.25) is 0 Å². The summed E-state index contributed by atoms with van der Waals surface area (Å²) in [5.74, 6) is 0. The predicted octanol–water partition coefficient (Wildman–Crippen LogP) is 4.97. The van der Waals surface area contributed by atoms with Crippen molar-refractivity contribution < 1.29 is 0 Å². The Labute approximate surface area is 119 Å². The van der Waals surface area contributed by atoms with Crippen LogP contribution in [-0.4, -0.2) is 13.1 Å². The Bertz CT molecular complexity index is 492. The van der Waals surface area contributed by atoms with Gasteiger partial charge in [0.15, 0.2) is 0 Å². The molecule has 4 heteroatoms. The molecule has 0 radical (unpaired) electrons. The minimum absolute atomic E-state index is 0.849. The maximum atomic E-state index is 4.23. The van der Waals surface area contributed by atoms with E-state index in [1.807, 2.05) is 48.5 Å². The first-order valence-electron chi connectivity index (χ1n) is 6.91. The van der Waals surface area contributed by atoms with Crippen LogP contribution >= 0.6 is 0 Å². The number of hydrogen-bond acceptors (Lipinski definition) is 4. The van der Waals surface area contributed by atoms with Gasteiger partial charge < -0.3 is 10.6 Å². The van der Waals surface area contributed by atoms with Crippen LogP contribution in [0.3, 0.4) is 0 Å². The van der Waals surface area contributed by atoms with Gasteiger partial charge in [0.2, 0.25) is 0 Å². The lowest BCUT2D eigenvalue weighted by Gasteiger charge is -2.02. The quantitative estimate of drug-likeness (QED) is 0.727. The number of rotatable bonds is 6. The molecular formula is C16H20N4. The summed E-state index contributed by atoms with van der Waals surface area (Å²) >= 11 is 0. The molecule has 2 aromatic carbocycles. The molecule has 0 fully saturated rings. The van der Waals surface area contributed by atoms with Gasteiger partial charge in [0.1, 0.15) is 0 Å². The van der Waals surface area contributed by atoms with Gasteiger partial charge in [-0.3, -0.25) is 0 Å². The van der Waals surface area contributed by atoms with Crippen LogP contribution in [0.4, 0.5) is 22.7 Å². The Morgan fingerprint density at radius 1 is 0.650 bits per heavy atom. The van der Waals surface area contributed by atoms with Gasteiger partial charge >= 0.3 is 0 Å². The van der Waals surface area contributed by atoms with Crippen molar-refractivity contribution >= 4 is 22.7 Å². The maximum absolute atomic E-state index is 4.23. The van der Waals surface area contributed by atoms with Gasteiger partial charge in [-0.15, -0.1) is 0 Å². The average Bonchev–Trinajstić information content (AvgIpc) is 2.49. The first-order valence-corrected chi connectivity index (χ1v) is 6.91. The van der Waals surface area contributed by atoms with E-state index in [1.165, 1.54) is 0 Å². The van der Waals surface area contributed by atoms with Crippen molar-refractivity contribution in [2.75, 3.05) is 23.7 Å². The molecule has 0 amide bonds. The van der Waals surface area contributed by atoms with Crippen LogP contribution in [0.1, 0.15) is 13.8 Å². The van der Waals surface area contributed by atoms with Gasteiger partial charge in [-0.25, -0.2) is 0 Å². The molecule has 0 atom stereocenters. The summed E-state index contributed by atoms with van der Waals surface area (Å²) in [6.07, 6.45) is 0. The summed E-state index contributed by atoms with van der Waals surface area (Å²) in [4.78, 5) is 0. The van der Waals surface area contributed by atoms with E-state index in [4.69, 9.17) is 0 Å². The first-order chi connectivity index (χ1) is 9.81. The van der Waals surface area contributed by atoms with E-state index in [0.717, 1.165) is 35.8 Å². The Kier molecular flexibility index (Phi) is 5.12. The zero-order valence-electron chi connectivity index (χ0n) is 11.9. The Hall–Kier alpha value is -2.36. The molecule has 0 unspecified atom stereocenters. The average molecular weight is 268 g/mol. The summed E-state index contributed by atoms with van der Waals surface area (Å²) in [5.41, 5.74) is 3.90. The summed E-state index contributed by atoms with van der Waals surface area (Å²) in [6.45, 7) is 5.98. The highest BCUT2D eigenvalue weighted by molar-refractivity contribution is 5.52. The van der Waals surface area contributed by atoms with Crippen molar-refractivity contribution in [1.29, 1.82) is 0 Å². The molecule has 0 aromatic heterocycles. The third kappa shape index (κ3) is 4.09. The monoisotopic (exact) mass is 268 g/mol. The van der Waals surface area contributed by atoms with Crippen LogP contribution in [0, 0.1) is 0 Å². The standard InChI is InChI=1S/C16H20N4/c1-3-17-13-5-9-15(10-6-13)19-20-16-11-7-14(8-12-16)18-4-2/h5-12,17-18H,3-4H2,1-2H3/b20-19+. The number of hydrogen-bond donors (Lipinski definition) is 2. The normalized spacial score (nSPS) is 10.7. The zero-order valence-corrected chi connectivity index (χ0v) is 11.9. The number of nitrogens with zero attached hydrogens (tertiary/aromatic N) is 2. The van der Waals surface area contributed by atoms with E-state index < -0.39 is 0 Å². The number of azo groups is 1. The fourth-order valence-corrected chi connectivity index (χ4v) is 1.82. The molecule has 2 N–H and O–H groups in total. The molecular weight excluding hydrogens is 248 g/mol. The van der Waals surface area contributed by atoms with Gasteiger partial charge in [0, 0.05) is 24.5 Å². The van der Waals surface area contributed by atoms with Crippen molar-refractivity contribution in [3.05, 3.63) is 48.5 Å². The molecule has 2 aromatic rings. The van der Waals surface area contributed by atoms with Gasteiger partial charge in [0.05, 0.1) is 11.4 Å². The van der Waals surface area contributed by atoms with Crippen LogP contribution in [0.15, 0.2) is 58.8 Å². The molecule has 104 valence electrons. The third-order valence-electron chi connectivity index (χ3n) is 2.78. The van der Waals surface area contributed by atoms with E-state index in [9.17, 15) is 0 Å². The lowest BCUT2D eigenvalue weighted by Crippen LogP contribution is -1.94. The summed E-state index contributed by atoms with van der Waals surface area (Å²) in [6, 6.07) is 15.8. The molecule has 0 aliphatic carbocycles. The minimum Gasteiger partial charge on any atom is -0.385 e. The molecule has 2 rings (SSSR count). The second-order valence-corrected chi connectivity index (χ2v) is 4.35. The van der Waals surface area contributed by atoms with Crippen LogP contribution < -0.4 is 10.6 Å². The van der Waals surface area contributed by atoms with E-state index >= 15 is 0 Å². The van der Waals surface area contributed by atoms with Gasteiger partial charge in [-0.05, 0) is 62.4 Å². The smallest absolute Gasteiger partial charge is 0.0858 e.